The highest BCUT2D eigenvalue weighted by atomic mass is 16.2. The second kappa shape index (κ2) is 9.56. The minimum Gasteiger partial charge on any atom is -0.397 e. The average Bonchev–Trinajstić information content (AvgIpc) is 3.23. The van der Waals surface area contributed by atoms with E-state index in [1.165, 1.54) is 0 Å². The van der Waals surface area contributed by atoms with Gasteiger partial charge in [0.15, 0.2) is 0 Å². The standard InChI is InChI=1S/C26H28N4O2/c1-2-30(26(32)28-17-18-8-4-3-5-9-18)24-15-13-19-16-20(12-14-21(19)24)25(31)29-23-11-7-6-10-22(23)27/h3-12,14,16,24H,2,13,15,17,27H2,1H3,(H,28,32)(H,29,31). The molecule has 0 heterocycles. The maximum absolute atomic E-state index is 12.9. The molecule has 0 aliphatic heterocycles. The molecule has 0 fully saturated rings. The number of para-hydroxylation sites is 2. The van der Waals surface area contributed by atoms with Crippen molar-refractivity contribution < 1.29 is 9.59 Å². The fourth-order valence-electron chi connectivity index (χ4n) is 4.25. The van der Waals surface area contributed by atoms with Gasteiger partial charge in [-0.2, -0.15) is 0 Å². The molecule has 164 valence electrons. The van der Waals surface area contributed by atoms with Crippen LogP contribution >= 0.6 is 0 Å². The number of aryl methyl sites for hydroxylation is 1. The van der Waals surface area contributed by atoms with E-state index in [4.69, 9.17) is 5.73 Å². The fourth-order valence-corrected chi connectivity index (χ4v) is 4.25. The van der Waals surface area contributed by atoms with Gasteiger partial charge in [-0.1, -0.05) is 48.5 Å². The predicted octanol–water partition coefficient (Wildman–Crippen LogP) is 4.74. The van der Waals surface area contributed by atoms with Crippen molar-refractivity contribution in [1.82, 2.24) is 10.2 Å². The number of nitrogens with one attached hydrogen (secondary N) is 2. The first-order chi connectivity index (χ1) is 15.6. The third kappa shape index (κ3) is 4.59. The summed E-state index contributed by atoms with van der Waals surface area (Å²) < 4.78 is 0. The summed E-state index contributed by atoms with van der Waals surface area (Å²) in [6.45, 7) is 3.10. The minimum absolute atomic E-state index is 0.00709. The molecule has 1 aliphatic rings. The lowest BCUT2D eigenvalue weighted by Crippen LogP contribution is -2.41. The maximum Gasteiger partial charge on any atom is 0.318 e. The van der Waals surface area contributed by atoms with Crippen LogP contribution in [0.15, 0.2) is 72.8 Å². The van der Waals surface area contributed by atoms with Gasteiger partial charge in [0.2, 0.25) is 0 Å². The molecule has 4 N–H and O–H groups in total. The van der Waals surface area contributed by atoms with Gasteiger partial charge < -0.3 is 21.3 Å². The van der Waals surface area contributed by atoms with E-state index in [0.717, 1.165) is 29.5 Å². The van der Waals surface area contributed by atoms with Crippen LogP contribution in [0, 0.1) is 0 Å². The first-order valence-corrected chi connectivity index (χ1v) is 10.9. The fraction of sp³-hybridized carbons (Fsp3) is 0.231. The summed E-state index contributed by atoms with van der Waals surface area (Å²) >= 11 is 0. The number of fused-ring (bicyclic) bond motifs is 1. The lowest BCUT2D eigenvalue weighted by Gasteiger charge is -2.29. The Hall–Kier alpha value is -3.80. The number of hydrogen-bond donors (Lipinski definition) is 3. The summed E-state index contributed by atoms with van der Waals surface area (Å²) in [5, 5.41) is 5.91. The van der Waals surface area contributed by atoms with Crippen LogP contribution in [-0.2, 0) is 13.0 Å². The Labute approximate surface area is 188 Å². The molecule has 3 amide bonds. The highest BCUT2D eigenvalue weighted by molar-refractivity contribution is 6.05. The zero-order chi connectivity index (χ0) is 22.5. The number of carbonyl (C=O) groups is 2. The van der Waals surface area contributed by atoms with Crippen LogP contribution in [0.4, 0.5) is 16.2 Å². The van der Waals surface area contributed by atoms with Crippen molar-refractivity contribution in [3.63, 3.8) is 0 Å². The topological polar surface area (TPSA) is 87.5 Å². The van der Waals surface area contributed by atoms with E-state index in [0.29, 0.717) is 30.0 Å². The van der Waals surface area contributed by atoms with E-state index >= 15 is 0 Å². The Morgan fingerprint density at radius 1 is 1.03 bits per heavy atom. The summed E-state index contributed by atoms with van der Waals surface area (Å²) in [6, 6.07) is 22.7. The molecule has 3 aromatic carbocycles. The third-order valence-electron chi connectivity index (χ3n) is 5.92. The maximum atomic E-state index is 12.9. The second-order valence-electron chi connectivity index (χ2n) is 7.94. The monoisotopic (exact) mass is 428 g/mol. The largest absolute Gasteiger partial charge is 0.397 e. The number of hydrogen-bond acceptors (Lipinski definition) is 3. The molecule has 6 nitrogen and oxygen atoms in total. The van der Waals surface area contributed by atoms with Crippen LogP contribution in [0.3, 0.4) is 0 Å². The van der Waals surface area contributed by atoms with Gasteiger partial charge in [-0.05, 0) is 60.7 Å². The normalized spacial score (nSPS) is 14.5. The zero-order valence-electron chi connectivity index (χ0n) is 18.2. The van der Waals surface area contributed by atoms with Crippen LogP contribution in [0.1, 0.15) is 46.4 Å². The second-order valence-corrected chi connectivity index (χ2v) is 7.94. The predicted molar refractivity (Wildman–Crippen MR) is 127 cm³/mol. The van der Waals surface area contributed by atoms with E-state index in [-0.39, 0.29) is 18.0 Å². The Bertz CT molecular complexity index is 1110. The van der Waals surface area contributed by atoms with E-state index in [2.05, 4.69) is 10.6 Å². The summed E-state index contributed by atoms with van der Waals surface area (Å²) in [5.74, 6) is -0.192. The first-order valence-electron chi connectivity index (χ1n) is 10.9. The number of carbonyl (C=O) groups excluding carboxylic acids is 2. The van der Waals surface area contributed by atoms with Crippen molar-refractivity contribution in [1.29, 1.82) is 0 Å². The number of amides is 3. The van der Waals surface area contributed by atoms with Crippen molar-refractivity contribution in [2.45, 2.75) is 32.4 Å². The Kier molecular flexibility index (Phi) is 6.40. The smallest absolute Gasteiger partial charge is 0.318 e. The van der Waals surface area contributed by atoms with Gasteiger partial charge in [0, 0.05) is 18.7 Å². The Balaban J connectivity index is 1.45. The zero-order valence-corrected chi connectivity index (χ0v) is 18.2. The first kappa shape index (κ1) is 21.4. The van der Waals surface area contributed by atoms with Crippen molar-refractivity contribution in [2.24, 2.45) is 0 Å². The summed E-state index contributed by atoms with van der Waals surface area (Å²) in [7, 11) is 0. The van der Waals surface area contributed by atoms with Gasteiger partial charge >= 0.3 is 6.03 Å². The van der Waals surface area contributed by atoms with Gasteiger partial charge in [0.1, 0.15) is 0 Å². The van der Waals surface area contributed by atoms with Gasteiger partial charge in [-0.15, -0.1) is 0 Å². The van der Waals surface area contributed by atoms with Crippen LogP contribution in [0.5, 0.6) is 0 Å². The van der Waals surface area contributed by atoms with Gasteiger partial charge in [0.25, 0.3) is 5.91 Å². The molecule has 4 rings (SSSR count). The number of anilines is 2. The molecule has 0 spiro atoms. The average molecular weight is 429 g/mol. The summed E-state index contributed by atoms with van der Waals surface area (Å²) in [4.78, 5) is 27.5. The number of nitrogen functional groups attached to an aromatic ring is 1. The number of nitrogens with zero attached hydrogens (tertiary/aromatic N) is 1. The quantitative estimate of drug-likeness (QED) is 0.496. The molecule has 3 aromatic rings. The van der Waals surface area contributed by atoms with Gasteiger partial charge in [-0.25, -0.2) is 4.79 Å². The summed E-state index contributed by atoms with van der Waals surface area (Å²) in [5.41, 5.74) is 10.9. The molecule has 0 bridgehead atoms. The van der Waals surface area contributed by atoms with E-state index < -0.39 is 0 Å². The molecule has 0 saturated carbocycles. The van der Waals surface area contributed by atoms with E-state index in [9.17, 15) is 9.59 Å². The summed E-state index contributed by atoms with van der Waals surface area (Å²) in [6.07, 6.45) is 1.68. The Morgan fingerprint density at radius 3 is 2.53 bits per heavy atom. The lowest BCUT2D eigenvalue weighted by atomic mass is 10.0. The number of rotatable bonds is 6. The van der Waals surface area contributed by atoms with Crippen LogP contribution in [-0.4, -0.2) is 23.4 Å². The molecule has 0 saturated heterocycles. The molecule has 6 heteroatoms. The van der Waals surface area contributed by atoms with E-state index in [1.807, 2.05) is 72.5 Å². The van der Waals surface area contributed by atoms with Crippen LogP contribution < -0.4 is 16.4 Å². The van der Waals surface area contributed by atoms with Crippen LogP contribution in [0.2, 0.25) is 0 Å². The number of nitrogens with two attached hydrogens (primary N) is 1. The molecule has 1 aliphatic carbocycles. The number of urea groups is 1. The molecular formula is C26H28N4O2. The van der Waals surface area contributed by atoms with Crippen molar-refractivity contribution in [3.8, 4) is 0 Å². The van der Waals surface area contributed by atoms with Crippen molar-refractivity contribution >= 4 is 23.3 Å². The third-order valence-corrected chi connectivity index (χ3v) is 5.92. The van der Waals surface area contributed by atoms with Crippen molar-refractivity contribution in [3.05, 3.63) is 95.1 Å². The minimum atomic E-state index is -0.192. The molecule has 1 atom stereocenters. The molecule has 1 unspecified atom stereocenters. The van der Waals surface area contributed by atoms with Crippen LogP contribution in [0.25, 0.3) is 0 Å². The van der Waals surface area contributed by atoms with Crippen molar-refractivity contribution in [2.75, 3.05) is 17.6 Å². The van der Waals surface area contributed by atoms with Gasteiger partial charge in [0.05, 0.1) is 17.4 Å². The number of benzene rings is 3. The molecule has 32 heavy (non-hydrogen) atoms. The Morgan fingerprint density at radius 2 is 1.78 bits per heavy atom. The SMILES string of the molecule is CCN(C(=O)NCc1ccccc1)C1CCc2cc(C(=O)Nc3ccccc3N)ccc21. The molecule has 0 radical (unpaired) electrons. The highest BCUT2D eigenvalue weighted by Gasteiger charge is 2.30. The lowest BCUT2D eigenvalue weighted by molar-refractivity contribution is 0.102. The highest BCUT2D eigenvalue weighted by Crippen LogP contribution is 2.36. The molecule has 0 aromatic heterocycles. The van der Waals surface area contributed by atoms with E-state index in [1.54, 1.807) is 12.1 Å². The van der Waals surface area contributed by atoms with Gasteiger partial charge in [-0.3, -0.25) is 4.79 Å². The molecular weight excluding hydrogens is 400 g/mol.